The molecule has 0 saturated carbocycles. The van der Waals surface area contributed by atoms with Gasteiger partial charge in [-0.1, -0.05) is 292 Å². The molecule has 1 aromatic rings. The maximum Gasteiger partial charge on any atom is 0.471 e. The molecule has 2 bridgehead atoms. The van der Waals surface area contributed by atoms with Crippen LogP contribution in [0.4, 0.5) is 13.2 Å². The van der Waals surface area contributed by atoms with Crippen molar-refractivity contribution in [2.75, 3.05) is 7.11 Å². The van der Waals surface area contributed by atoms with Crippen LogP contribution in [0.5, 0.6) is 0 Å². The van der Waals surface area contributed by atoms with E-state index in [9.17, 15) is 4.79 Å². The van der Waals surface area contributed by atoms with Gasteiger partial charge in [-0.3, -0.25) is 14.4 Å². The molecule has 0 radical (unpaired) electrons. The number of methoxy groups -OCH3 is 1. The number of carbonyl (C=O) groups excluding carboxylic acids is 3. The molecule has 4 rings (SSSR count). The summed E-state index contributed by atoms with van der Waals surface area (Å²) in [6.07, 6.45) is 15.7. The van der Waals surface area contributed by atoms with E-state index < -0.39 is 178 Å². The van der Waals surface area contributed by atoms with Gasteiger partial charge in [-0.2, -0.15) is 13.2 Å². The van der Waals surface area contributed by atoms with Gasteiger partial charge in [0.1, 0.15) is 17.2 Å². The number of rotatable bonds is 51. The first kappa shape index (κ1) is 131. The predicted molar refractivity (Wildman–Crippen MR) is 604 cm³/mol. The summed E-state index contributed by atoms with van der Waals surface area (Å²) >= 11 is 1.05. The largest absolute Gasteiger partial charge is 0.471 e. The number of hydrogen-bond acceptors (Lipinski definition) is 19. The minimum Gasteiger partial charge on any atom is -0.462 e. The summed E-state index contributed by atoms with van der Waals surface area (Å²) in [6.45, 7) is 68.5. The Labute approximate surface area is 871 Å². The molecule has 3 aliphatic rings. The zero-order chi connectivity index (χ0) is 106. The number of pyridine rings is 1. The van der Waals surface area contributed by atoms with E-state index in [0.717, 1.165) is 139 Å². The normalized spacial score (nSPS) is 28.6. The van der Waals surface area contributed by atoms with Gasteiger partial charge in [-0.15, -0.1) is 0 Å². The fraction of sp³-hybridized carbons (Fsp3) is 0.798. The molecule has 814 valence electrons. The summed E-state index contributed by atoms with van der Waals surface area (Å²) < 4.78 is 155. The number of halogens is 3. The third kappa shape index (κ3) is 38.1. The van der Waals surface area contributed by atoms with Crippen LogP contribution in [0.3, 0.4) is 0 Å². The number of nitrogens with one attached hydrogen (secondary N) is 1. The van der Waals surface area contributed by atoms with Crippen LogP contribution in [0.25, 0.3) is 0 Å². The molecule has 2 fully saturated rings. The van der Waals surface area contributed by atoms with Gasteiger partial charge in [0, 0.05) is 44.6 Å². The molecule has 0 spiro atoms. The molecule has 1 N–H and O–H groups in total. The van der Waals surface area contributed by atoms with Crippen LogP contribution >= 0.6 is 11.8 Å². The van der Waals surface area contributed by atoms with Crippen molar-refractivity contribution in [3.05, 3.63) is 109 Å². The third-order valence-corrected chi connectivity index (χ3v) is 77.4. The Morgan fingerprint density at radius 1 is 0.426 bits per heavy atom. The van der Waals surface area contributed by atoms with Gasteiger partial charge in [-0.25, -0.2) is 4.98 Å². The summed E-state index contributed by atoms with van der Waals surface area (Å²) in [7, 11) is -21.7. The molecule has 19 nitrogen and oxygen atoms in total. The highest BCUT2D eigenvalue weighted by Crippen LogP contribution is 2.49. The molecule has 1 amide bonds. The summed E-state index contributed by atoms with van der Waals surface area (Å²) in [5.74, 6) is -5.13. The van der Waals surface area contributed by atoms with Gasteiger partial charge in [0.25, 0.3) is 0 Å². The average molecular weight is 2160 g/mol. The highest BCUT2D eigenvalue weighted by molar-refractivity contribution is 8.13. The van der Waals surface area contributed by atoms with Gasteiger partial charge in [0.2, 0.25) is 5.12 Å². The van der Waals surface area contributed by atoms with Crippen LogP contribution in [0, 0.1) is 17.8 Å². The first-order valence-corrected chi connectivity index (χ1v) is 79.7. The van der Waals surface area contributed by atoms with Crippen molar-refractivity contribution in [1.82, 2.24) is 10.3 Å². The molecule has 0 aromatic carbocycles. The number of cyclic esters (lactones) is 1. The lowest BCUT2D eigenvalue weighted by molar-refractivity contribution is -0.312. The number of allylic oxidation sites excluding steroid dienone is 12. The van der Waals surface area contributed by atoms with Crippen molar-refractivity contribution in [3.8, 4) is 0 Å². The number of carbonyl (C=O) groups is 3. The second-order valence-electron chi connectivity index (χ2n) is 40.9. The first-order chi connectivity index (χ1) is 67.1. The number of fused-ring (bicyclic) bond motifs is 2. The number of hydrogen-bond donors (Lipinski definition) is 1. The maximum absolute atomic E-state index is 16.6. The van der Waals surface area contributed by atoms with Gasteiger partial charge in [0.15, 0.2) is 86.9 Å². The molecule has 32 heteroatoms. The fourth-order valence-corrected chi connectivity index (χ4v) is 49.0. The zero-order valence-electron chi connectivity index (χ0n) is 94.5. The van der Waals surface area contributed by atoms with Crippen LogP contribution in [0.2, 0.25) is 163 Å². The summed E-state index contributed by atoms with van der Waals surface area (Å²) in [5.41, 5.74) is 0. The fourth-order valence-electron chi connectivity index (χ4n) is 22.0. The second-order valence-corrected chi connectivity index (χ2v) is 84.4. The monoisotopic (exact) mass is 2150 g/mol. The number of amides is 1. The Hall–Kier alpha value is -2.49. The smallest absolute Gasteiger partial charge is 0.462 e. The van der Waals surface area contributed by atoms with Crippen LogP contribution in [0.1, 0.15) is 266 Å². The van der Waals surface area contributed by atoms with E-state index >= 15 is 22.8 Å². The standard InChI is InChI=1S/C109H203F3N2O17SSi9/c1-33-133(34-2,35-3)123-91-77-78-94(126-136(42-10,43-11)44-12)95(127-137(45-13,46-14)47-15)82-93(125-135(39-7,40-8)41-9)84-108(118-32)85-97(128-138(48-16,49-17)50-18)100(105(116)132-98-76-72-73-79-113-98)96(122-108)81-90(121-106-104(131-141(57-25,58-26)59-27)101(114-107(117)109(110,111)112)103(89(31)120-106)130-140(54-22,55-23)56-24)75-71-69-67-65-63-61-60-62-64-66-68-70-74-86(28)102(129-139(51-19,52-20)53-21)87(29)88(30)119-99(115)83-92(80-91)124-134(36-4,37-5)38-6/h60-76,79,86-97,100-104,106H,33-59,77-78,80-85H2,1-32H3,(H,114,117)/b61-60+,64-62+,65-63+,68-66+,69-67+,74-70+,75-71+/t86-,87-,88-,89+,90-,91+,92+,93-,94+,95+,96-,97-,100-,101-,102+,103+,104-,106-,108+/m0/s1. The molecule has 1 aromatic heterocycles. The number of esters is 1. The Morgan fingerprint density at radius 3 is 1.21 bits per heavy atom. The highest BCUT2D eigenvalue weighted by atomic mass is 32.2. The molecule has 0 unspecified atom stereocenters. The van der Waals surface area contributed by atoms with Crippen molar-refractivity contribution in [3.63, 3.8) is 0 Å². The molecule has 3 aliphatic heterocycles. The Morgan fingerprint density at radius 2 is 0.801 bits per heavy atom. The minimum absolute atomic E-state index is 0.0204. The highest BCUT2D eigenvalue weighted by Gasteiger charge is 2.59. The average Bonchev–Trinajstić information content (AvgIpc) is 0.771. The van der Waals surface area contributed by atoms with Gasteiger partial charge in [0.05, 0.1) is 79.4 Å². The van der Waals surface area contributed by atoms with Crippen molar-refractivity contribution in [1.29, 1.82) is 0 Å². The Balaban J connectivity index is 2.44. The topological polar surface area (TPSA) is 205 Å². The third-order valence-electron chi connectivity index (χ3n) is 34.5. The van der Waals surface area contributed by atoms with E-state index in [1.165, 1.54) is 0 Å². The number of alkyl halides is 3. The number of ether oxygens (including phenoxy) is 5. The van der Waals surface area contributed by atoms with E-state index in [1.54, 1.807) is 20.2 Å². The lowest BCUT2D eigenvalue weighted by Gasteiger charge is -2.52. The molecule has 4 heterocycles. The summed E-state index contributed by atoms with van der Waals surface area (Å²) in [5, 5.41) is 2.78. The number of nitrogens with zero attached hydrogens (tertiary/aromatic N) is 1. The number of aromatic nitrogens is 1. The van der Waals surface area contributed by atoms with Crippen molar-refractivity contribution in [2.24, 2.45) is 17.8 Å². The van der Waals surface area contributed by atoms with E-state index in [0.29, 0.717) is 67.0 Å². The second kappa shape index (κ2) is 64.4. The summed E-state index contributed by atoms with van der Waals surface area (Å²) in [4.78, 5) is 50.9. The Bertz CT molecular complexity index is 3800. The van der Waals surface area contributed by atoms with Crippen LogP contribution in [-0.2, 0) is 77.9 Å². The molecular formula is C109H203F3N2O17SSi9. The van der Waals surface area contributed by atoms with Gasteiger partial charge in [-0.05, 0) is 233 Å². The molecular weight excluding hydrogens is 1950 g/mol. The van der Waals surface area contributed by atoms with Gasteiger partial charge >= 0.3 is 18.1 Å². The molecule has 19 atom stereocenters. The number of thioether (sulfide) groups is 1. The lowest BCUT2D eigenvalue weighted by Crippen LogP contribution is -2.69. The maximum atomic E-state index is 16.6. The lowest BCUT2D eigenvalue weighted by atomic mass is 9.83. The van der Waals surface area contributed by atoms with E-state index in [4.69, 9.17) is 68.5 Å². The van der Waals surface area contributed by atoms with E-state index in [2.05, 4.69) is 225 Å². The first-order valence-electron chi connectivity index (χ1n) is 56.2. The SMILES string of the molecule is CC[Si](CC)(CC)O[C@@H]1CC[C@@H](O[Si](CC)(CC)CC)[C@H](O[Si](CC)(CC)CC)C[C@H](O[Si](CC)(CC)CC)C[C@]2(OC)C[C@H](O[Si](CC)(CC)CC)[C@@H](C(=O)Sc3ccccn3)[C@H](C[C@@H](O[C@@H]3O[C@H](C)[C@@H](O[Si](CC)(CC)CC)[C@H](NC(=O)C(F)(F)F)[C@@H]3O[Si](CC)(CC)CC)/C=C/C=C/C=C/C=C/C=C/C=C/C=C/[C@H](C)[C@@H](O[Si](CC)(CC)CC)[C@@H](C)[C@H](C)OC(=O)C[C@H](O[Si](CC)(CC)CC)C1)O2. The summed E-state index contributed by atoms with van der Waals surface area (Å²) in [6, 6.07) is 26.5. The van der Waals surface area contributed by atoms with Crippen LogP contribution in [-0.4, -0.2) is 208 Å². The minimum atomic E-state index is -5.27. The molecule has 0 aliphatic carbocycles. The molecule has 2 saturated heterocycles. The zero-order valence-corrected chi connectivity index (χ0v) is 104. The Kier molecular flexibility index (Phi) is 59.7. The van der Waals surface area contributed by atoms with Gasteiger partial charge < -0.3 is 68.8 Å². The van der Waals surface area contributed by atoms with Crippen molar-refractivity contribution in [2.45, 2.75) is 538 Å². The van der Waals surface area contributed by atoms with Crippen molar-refractivity contribution >= 4 is 104 Å². The quantitative estimate of drug-likeness (QED) is 0.0366. The van der Waals surface area contributed by atoms with E-state index in [-0.39, 0.29) is 60.8 Å². The predicted octanol–water partition coefficient (Wildman–Crippen LogP) is 31.0. The van der Waals surface area contributed by atoms with Crippen molar-refractivity contribution < 1.29 is 91.1 Å². The van der Waals surface area contributed by atoms with Crippen LogP contribution < -0.4 is 5.32 Å². The van der Waals surface area contributed by atoms with Crippen LogP contribution in [0.15, 0.2) is 114 Å². The molecule has 141 heavy (non-hydrogen) atoms. The van der Waals surface area contributed by atoms with E-state index in [1.807, 2.05) is 91.1 Å².